The number of carbonyl (C=O) groups excluding carboxylic acids is 4. The van der Waals surface area contributed by atoms with E-state index in [1.165, 1.54) is 38.3 Å². The number of phenols is 2. The van der Waals surface area contributed by atoms with Crippen molar-refractivity contribution in [1.29, 1.82) is 0 Å². The van der Waals surface area contributed by atoms with Gasteiger partial charge in [-0.15, -0.1) is 0 Å². The second-order valence-electron chi connectivity index (χ2n) is 16.4. The minimum atomic E-state index is -1.79. The summed E-state index contributed by atoms with van der Waals surface area (Å²) in [5, 5.41) is 34.4. The number of ketones is 3. The molecule has 2 aliphatic carbocycles. The summed E-state index contributed by atoms with van der Waals surface area (Å²) >= 11 is 0. The Morgan fingerprint density at radius 3 is 2.32 bits per heavy atom. The second-order valence-corrected chi connectivity index (χ2v) is 16.4. The summed E-state index contributed by atoms with van der Waals surface area (Å²) in [6, 6.07) is 5.14. The lowest BCUT2D eigenvalue weighted by Crippen LogP contribution is -2.62. The van der Waals surface area contributed by atoms with Crippen LogP contribution in [0.25, 0.3) is 0 Å². The van der Waals surface area contributed by atoms with E-state index in [9.17, 15) is 34.5 Å². The minimum absolute atomic E-state index is 0.0299. The lowest BCUT2D eigenvalue weighted by atomic mass is 9.68. The number of likely N-dealkylation sites (N-methyl/N-ethyl adjacent to an activating group) is 1. The van der Waals surface area contributed by atoms with Crippen molar-refractivity contribution in [2.45, 2.75) is 139 Å². The molecule has 2 aromatic carbocycles. The van der Waals surface area contributed by atoms with Crippen molar-refractivity contribution in [2.75, 3.05) is 21.2 Å². The van der Waals surface area contributed by atoms with E-state index in [2.05, 4.69) is 0 Å². The van der Waals surface area contributed by atoms with Gasteiger partial charge in [-0.05, 0) is 59.5 Å². The van der Waals surface area contributed by atoms with Crippen molar-refractivity contribution < 1.29 is 72.4 Å². The smallest absolute Gasteiger partial charge is 0.316 e. The number of hydrogen-bond acceptors (Lipinski definition) is 16. The fourth-order valence-corrected chi connectivity index (χ4v) is 9.50. The van der Waals surface area contributed by atoms with Gasteiger partial charge < -0.3 is 58.1 Å². The first-order valence-electron chi connectivity index (χ1n) is 19.4. The second kappa shape index (κ2) is 14.8. The molecule has 4 aliphatic heterocycles. The summed E-state index contributed by atoms with van der Waals surface area (Å²) in [5.41, 5.74) is -2.51. The van der Waals surface area contributed by atoms with E-state index in [4.69, 9.17) is 37.9 Å². The molecule has 2 aromatic rings. The van der Waals surface area contributed by atoms with Crippen molar-refractivity contribution in [3.05, 3.63) is 57.6 Å². The van der Waals surface area contributed by atoms with Crippen molar-refractivity contribution in [1.82, 2.24) is 4.90 Å². The molecule has 4 saturated heterocycles. The van der Waals surface area contributed by atoms with Crippen molar-refractivity contribution in [2.24, 2.45) is 0 Å². The SMILES string of the molecule is COC(=O)[C@@H]1c2cc3c(c(O)c2[C@@H](O[C@H]2C[C@H](N(C)C)[C@H](O[C@H]4C[C@@H]5O[C@H]6CC(=O)[C@H](C)O[C@H]6O[C@@H]5[C@H](C)O4)[C@H](C)O2)C[C@@]1(C)O)C(=O)c1c(O)cccc1C3=O. The Kier molecular flexibility index (Phi) is 10.4. The standard InChI is InChI=1S/C41H49NO15/c1-16-24(44)13-26-40(53-16)57-38-18(3)52-29(14-25(38)54-26)56-37-17(2)51-28(12-22(37)42(5)6)55-27-15-41(4,49)33(39(48)50-7)20-11-21-32(36(47)31(20)27)35(46)30-19(34(21)45)9-8-10-23(30)43/h8-11,16-18,22,25-29,33,37-38,40,43,47,49H,12-15H2,1-7H3/t16-,17-,18-,22-,25-,26-,27-,28-,29-,33-,37+,38+,40-,41+/m0/s1. The molecule has 4 heterocycles. The van der Waals surface area contributed by atoms with Gasteiger partial charge in [-0.2, -0.15) is 0 Å². The van der Waals surface area contributed by atoms with Crippen LogP contribution in [0.2, 0.25) is 0 Å². The van der Waals surface area contributed by atoms with Gasteiger partial charge in [0.05, 0.1) is 48.3 Å². The number of ether oxygens (including phenoxy) is 8. The third-order valence-electron chi connectivity index (χ3n) is 12.3. The number of aromatic hydroxyl groups is 2. The first kappa shape index (κ1) is 40.0. The van der Waals surface area contributed by atoms with Crippen LogP contribution in [-0.4, -0.2) is 138 Å². The molecular formula is C41H49NO15. The maximum atomic E-state index is 13.9. The number of methoxy groups -OCH3 is 1. The zero-order valence-corrected chi connectivity index (χ0v) is 32.8. The van der Waals surface area contributed by atoms with Crippen LogP contribution in [0.3, 0.4) is 0 Å². The number of carbonyl (C=O) groups is 4. The third-order valence-corrected chi connectivity index (χ3v) is 12.3. The zero-order valence-electron chi connectivity index (χ0n) is 32.8. The van der Waals surface area contributed by atoms with Gasteiger partial charge in [0.1, 0.15) is 41.8 Å². The average molecular weight is 796 g/mol. The van der Waals surface area contributed by atoms with Crippen LogP contribution in [0.1, 0.15) is 108 Å². The molecule has 0 unspecified atom stereocenters. The molecule has 14 atom stereocenters. The van der Waals surface area contributed by atoms with Crippen LogP contribution < -0.4 is 0 Å². The molecule has 3 N–H and O–H groups in total. The van der Waals surface area contributed by atoms with E-state index in [1.807, 2.05) is 32.8 Å². The van der Waals surface area contributed by atoms with Gasteiger partial charge in [-0.25, -0.2) is 0 Å². The fraction of sp³-hybridized carbons (Fsp3) is 0.610. The molecule has 0 amide bonds. The molecule has 4 fully saturated rings. The third kappa shape index (κ3) is 6.78. The molecule has 0 aromatic heterocycles. The van der Waals surface area contributed by atoms with Crippen molar-refractivity contribution in [3.63, 3.8) is 0 Å². The summed E-state index contributed by atoms with van der Waals surface area (Å²) in [5.74, 6) is -4.64. The Hall–Kier alpha value is -3.84. The van der Waals surface area contributed by atoms with Crippen molar-refractivity contribution in [3.8, 4) is 11.5 Å². The number of benzene rings is 2. The first-order chi connectivity index (χ1) is 27.0. The summed E-state index contributed by atoms with van der Waals surface area (Å²) in [6.07, 6.45) is -6.23. The number of hydrogen-bond donors (Lipinski definition) is 3. The van der Waals surface area contributed by atoms with Gasteiger partial charge in [0.25, 0.3) is 0 Å². The Balaban J connectivity index is 1.05. The number of aliphatic hydroxyl groups is 1. The van der Waals surface area contributed by atoms with Crippen LogP contribution >= 0.6 is 0 Å². The first-order valence-corrected chi connectivity index (χ1v) is 19.4. The molecule has 16 nitrogen and oxygen atoms in total. The van der Waals surface area contributed by atoms with Crippen LogP contribution in [0.15, 0.2) is 24.3 Å². The van der Waals surface area contributed by atoms with Gasteiger partial charge in [-0.3, -0.25) is 19.2 Å². The highest BCUT2D eigenvalue weighted by Gasteiger charge is 2.54. The molecule has 0 spiro atoms. The maximum Gasteiger partial charge on any atom is 0.316 e. The predicted octanol–water partition coefficient (Wildman–Crippen LogP) is 2.78. The van der Waals surface area contributed by atoms with Gasteiger partial charge in [0.15, 0.2) is 30.4 Å². The normalized spacial score (nSPS) is 38.8. The molecule has 8 rings (SSSR count). The Bertz CT molecular complexity index is 1980. The molecule has 308 valence electrons. The number of nitrogens with zero attached hydrogens (tertiary/aromatic N) is 1. The lowest BCUT2D eigenvalue weighted by molar-refractivity contribution is -0.371. The molecule has 57 heavy (non-hydrogen) atoms. The Morgan fingerprint density at radius 2 is 1.60 bits per heavy atom. The number of rotatable bonds is 6. The van der Waals surface area contributed by atoms with Gasteiger partial charge >= 0.3 is 5.97 Å². The van der Waals surface area contributed by atoms with E-state index in [-0.39, 0.29) is 64.5 Å². The predicted molar refractivity (Wildman–Crippen MR) is 195 cm³/mol. The fourth-order valence-electron chi connectivity index (χ4n) is 9.50. The Labute approximate surface area is 329 Å². The molecule has 16 heteroatoms. The molecule has 6 aliphatic rings. The van der Waals surface area contributed by atoms with Gasteiger partial charge in [0.2, 0.25) is 5.78 Å². The van der Waals surface area contributed by atoms with Crippen LogP contribution in [-0.2, 0) is 47.5 Å². The van der Waals surface area contributed by atoms with Crippen molar-refractivity contribution >= 4 is 23.3 Å². The average Bonchev–Trinajstić information content (AvgIpc) is 3.13. The molecule has 0 radical (unpaired) electrons. The van der Waals surface area contributed by atoms with E-state index < -0.39 is 108 Å². The Morgan fingerprint density at radius 1 is 0.877 bits per heavy atom. The number of phenolic OH excluding ortho intramolecular Hbond substituents is 2. The largest absolute Gasteiger partial charge is 0.507 e. The quantitative estimate of drug-likeness (QED) is 0.307. The van der Waals surface area contributed by atoms with Crippen LogP contribution in [0, 0.1) is 0 Å². The minimum Gasteiger partial charge on any atom is -0.507 e. The summed E-state index contributed by atoms with van der Waals surface area (Å²) in [4.78, 5) is 55.3. The number of fused-ring (bicyclic) bond motifs is 5. The molecular weight excluding hydrogens is 746 g/mol. The highest BCUT2D eigenvalue weighted by molar-refractivity contribution is 6.30. The van der Waals surface area contributed by atoms with Crippen LogP contribution in [0.5, 0.6) is 11.5 Å². The zero-order chi connectivity index (χ0) is 40.8. The monoisotopic (exact) mass is 795 g/mol. The molecule has 0 saturated carbocycles. The van der Waals surface area contributed by atoms with E-state index in [1.54, 1.807) is 6.92 Å². The highest BCUT2D eigenvalue weighted by Crippen LogP contribution is 2.53. The maximum absolute atomic E-state index is 13.9. The van der Waals surface area contributed by atoms with Gasteiger partial charge in [-0.1, -0.05) is 12.1 Å². The van der Waals surface area contributed by atoms with E-state index in [0.717, 1.165) is 0 Å². The lowest BCUT2D eigenvalue weighted by Gasteiger charge is -2.51. The van der Waals surface area contributed by atoms with E-state index in [0.29, 0.717) is 6.42 Å². The van der Waals surface area contributed by atoms with Crippen LogP contribution in [0.4, 0.5) is 0 Å². The summed E-state index contributed by atoms with van der Waals surface area (Å²) < 4.78 is 49.4. The summed E-state index contributed by atoms with van der Waals surface area (Å²) in [6.45, 7) is 6.86. The van der Waals surface area contributed by atoms with E-state index >= 15 is 0 Å². The highest BCUT2D eigenvalue weighted by atomic mass is 16.8. The number of Topliss-reactive ketones (excluding diaryl/α,β-unsaturated/α-hetero) is 1. The topological polar surface area (TPSA) is 206 Å². The summed E-state index contributed by atoms with van der Waals surface area (Å²) in [7, 11) is 4.96. The number of esters is 1. The van der Waals surface area contributed by atoms with Gasteiger partial charge in [0, 0.05) is 48.4 Å². The molecule has 0 bridgehead atoms.